The van der Waals surface area contributed by atoms with Crippen molar-refractivity contribution < 1.29 is 14.3 Å². The summed E-state index contributed by atoms with van der Waals surface area (Å²) in [5.41, 5.74) is 1.04. The van der Waals surface area contributed by atoms with Gasteiger partial charge < -0.3 is 14.6 Å². The molecule has 0 aliphatic carbocycles. The van der Waals surface area contributed by atoms with E-state index in [1.54, 1.807) is 48.8 Å². The molecule has 2 aromatic carbocycles. The number of rotatable bonds is 7. The first-order chi connectivity index (χ1) is 14.7. The number of carbonyl (C=O) groups excluding carboxylic acids is 2. The third-order valence-corrected chi connectivity index (χ3v) is 4.27. The highest BCUT2D eigenvalue weighted by Gasteiger charge is 2.17. The standard InChI is InChI=1S/C23H18N4O3/c28-21(16-27-14-13-25-23(27)22(29)17-5-4-12-24-15-17)26-18-8-10-20(11-9-18)30-19-6-2-1-3-7-19/h1-15H,16H2,(H,26,28). The summed E-state index contributed by atoms with van der Waals surface area (Å²) in [6.07, 6.45) is 6.15. The number of nitrogens with zero attached hydrogens (tertiary/aromatic N) is 3. The Morgan fingerprint density at radius 3 is 2.40 bits per heavy atom. The lowest BCUT2D eigenvalue weighted by molar-refractivity contribution is -0.116. The van der Waals surface area contributed by atoms with Crippen LogP contribution >= 0.6 is 0 Å². The second-order valence-corrected chi connectivity index (χ2v) is 6.44. The number of amides is 1. The zero-order chi connectivity index (χ0) is 20.8. The van der Waals surface area contributed by atoms with Crippen LogP contribution in [-0.2, 0) is 11.3 Å². The highest BCUT2D eigenvalue weighted by molar-refractivity contribution is 6.06. The molecule has 1 N–H and O–H groups in total. The van der Waals surface area contributed by atoms with Crippen molar-refractivity contribution in [1.29, 1.82) is 0 Å². The van der Waals surface area contributed by atoms with Crippen molar-refractivity contribution >= 4 is 17.4 Å². The first-order valence-electron chi connectivity index (χ1n) is 9.28. The molecule has 4 rings (SSSR count). The zero-order valence-electron chi connectivity index (χ0n) is 15.9. The first-order valence-corrected chi connectivity index (χ1v) is 9.28. The monoisotopic (exact) mass is 398 g/mol. The van der Waals surface area contributed by atoms with Crippen molar-refractivity contribution in [2.75, 3.05) is 5.32 Å². The van der Waals surface area contributed by atoms with Crippen molar-refractivity contribution in [2.45, 2.75) is 6.54 Å². The topological polar surface area (TPSA) is 86.1 Å². The number of imidazole rings is 1. The van der Waals surface area contributed by atoms with E-state index in [2.05, 4.69) is 15.3 Å². The van der Waals surface area contributed by atoms with Crippen molar-refractivity contribution in [2.24, 2.45) is 0 Å². The van der Waals surface area contributed by atoms with Crippen LogP contribution in [0.25, 0.3) is 0 Å². The minimum atomic E-state index is -0.289. The molecular formula is C23H18N4O3. The van der Waals surface area contributed by atoms with E-state index in [0.717, 1.165) is 5.75 Å². The van der Waals surface area contributed by atoms with E-state index in [0.29, 0.717) is 17.0 Å². The lowest BCUT2D eigenvalue weighted by Crippen LogP contribution is -2.21. The second-order valence-electron chi connectivity index (χ2n) is 6.44. The number of carbonyl (C=O) groups is 2. The SMILES string of the molecule is O=C(Cn1ccnc1C(=O)c1cccnc1)Nc1ccc(Oc2ccccc2)cc1. The lowest BCUT2D eigenvalue weighted by Gasteiger charge is -2.10. The molecule has 0 fully saturated rings. The van der Waals surface area contributed by atoms with E-state index in [1.165, 1.54) is 17.0 Å². The second kappa shape index (κ2) is 8.83. The van der Waals surface area contributed by atoms with E-state index < -0.39 is 0 Å². The maximum atomic E-state index is 12.6. The van der Waals surface area contributed by atoms with Crippen LogP contribution in [0.15, 0.2) is 91.5 Å². The van der Waals surface area contributed by atoms with Crippen molar-refractivity contribution in [3.8, 4) is 11.5 Å². The Morgan fingerprint density at radius 1 is 0.900 bits per heavy atom. The molecule has 0 spiro atoms. The largest absolute Gasteiger partial charge is 0.457 e. The molecule has 2 aromatic heterocycles. The van der Waals surface area contributed by atoms with Crippen LogP contribution in [0.5, 0.6) is 11.5 Å². The molecule has 7 heteroatoms. The van der Waals surface area contributed by atoms with Crippen LogP contribution in [-0.4, -0.2) is 26.2 Å². The van der Waals surface area contributed by atoms with Gasteiger partial charge in [-0.25, -0.2) is 4.98 Å². The number of para-hydroxylation sites is 1. The van der Waals surface area contributed by atoms with Crippen LogP contribution in [0.4, 0.5) is 5.69 Å². The number of anilines is 1. The molecule has 0 saturated heterocycles. The quantitative estimate of drug-likeness (QED) is 0.477. The number of ketones is 1. The Bertz CT molecular complexity index is 1140. The fourth-order valence-corrected chi connectivity index (χ4v) is 2.86. The smallest absolute Gasteiger partial charge is 0.244 e. The van der Waals surface area contributed by atoms with Gasteiger partial charge in [-0.2, -0.15) is 0 Å². The average Bonchev–Trinajstić information content (AvgIpc) is 3.24. The summed E-state index contributed by atoms with van der Waals surface area (Å²) in [6.45, 7) is -0.0381. The maximum absolute atomic E-state index is 12.6. The summed E-state index contributed by atoms with van der Waals surface area (Å²) in [5.74, 6) is 1.02. The maximum Gasteiger partial charge on any atom is 0.244 e. The van der Waals surface area contributed by atoms with Crippen LogP contribution in [0.3, 0.4) is 0 Å². The number of pyridine rings is 1. The zero-order valence-corrected chi connectivity index (χ0v) is 15.9. The van der Waals surface area contributed by atoms with Gasteiger partial charge in [-0.1, -0.05) is 18.2 Å². The minimum Gasteiger partial charge on any atom is -0.457 e. The van der Waals surface area contributed by atoms with Crippen LogP contribution in [0.2, 0.25) is 0 Å². The molecular weight excluding hydrogens is 380 g/mol. The Balaban J connectivity index is 1.39. The van der Waals surface area contributed by atoms with Gasteiger partial charge in [0.1, 0.15) is 18.0 Å². The van der Waals surface area contributed by atoms with Gasteiger partial charge in [-0.3, -0.25) is 14.6 Å². The molecule has 0 unspecified atom stereocenters. The van der Waals surface area contributed by atoms with Crippen molar-refractivity contribution in [3.05, 3.63) is 103 Å². The average molecular weight is 398 g/mol. The lowest BCUT2D eigenvalue weighted by atomic mass is 10.2. The summed E-state index contributed by atoms with van der Waals surface area (Å²) in [5, 5.41) is 2.81. The van der Waals surface area contributed by atoms with E-state index >= 15 is 0 Å². The third kappa shape index (κ3) is 4.59. The normalized spacial score (nSPS) is 10.4. The molecule has 0 aliphatic heterocycles. The van der Waals surface area contributed by atoms with E-state index in [9.17, 15) is 9.59 Å². The van der Waals surface area contributed by atoms with E-state index in [4.69, 9.17) is 4.74 Å². The number of hydrogen-bond donors (Lipinski definition) is 1. The number of hydrogen-bond acceptors (Lipinski definition) is 5. The number of nitrogens with one attached hydrogen (secondary N) is 1. The van der Waals surface area contributed by atoms with E-state index in [1.807, 2.05) is 30.3 Å². The van der Waals surface area contributed by atoms with Gasteiger partial charge in [0.2, 0.25) is 11.7 Å². The molecule has 30 heavy (non-hydrogen) atoms. The van der Waals surface area contributed by atoms with Gasteiger partial charge >= 0.3 is 0 Å². The van der Waals surface area contributed by atoms with Crippen LogP contribution in [0, 0.1) is 0 Å². The summed E-state index contributed by atoms with van der Waals surface area (Å²) in [7, 11) is 0. The van der Waals surface area contributed by atoms with Gasteiger partial charge in [0, 0.05) is 36.0 Å². The Morgan fingerprint density at radius 2 is 1.67 bits per heavy atom. The molecule has 7 nitrogen and oxygen atoms in total. The summed E-state index contributed by atoms with van der Waals surface area (Å²) >= 11 is 0. The fourth-order valence-electron chi connectivity index (χ4n) is 2.86. The molecule has 1 amide bonds. The summed E-state index contributed by atoms with van der Waals surface area (Å²) in [4.78, 5) is 33.1. The molecule has 4 aromatic rings. The predicted molar refractivity (Wildman–Crippen MR) is 111 cm³/mol. The van der Waals surface area contributed by atoms with Crippen LogP contribution < -0.4 is 10.1 Å². The Hall–Kier alpha value is -4.26. The van der Waals surface area contributed by atoms with Crippen LogP contribution in [0.1, 0.15) is 16.2 Å². The molecule has 0 saturated carbocycles. The molecule has 0 atom stereocenters. The summed E-state index contributed by atoms with van der Waals surface area (Å²) < 4.78 is 7.25. The number of aromatic nitrogens is 3. The van der Waals surface area contributed by atoms with Crippen molar-refractivity contribution in [1.82, 2.24) is 14.5 Å². The summed E-state index contributed by atoms with van der Waals surface area (Å²) in [6, 6.07) is 19.8. The van der Waals surface area contributed by atoms with Gasteiger partial charge in [-0.15, -0.1) is 0 Å². The Labute approximate surface area is 173 Å². The molecule has 0 aliphatic rings. The van der Waals surface area contributed by atoms with Crippen molar-refractivity contribution in [3.63, 3.8) is 0 Å². The predicted octanol–water partition coefficient (Wildman–Crippen LogP) is 3.94. The molecule has 2 heterocycles. The molecule has 148 valence electrons. The minimum absolute atomic E-state index is 0.0381. The third-order valence-electron chi connectivity index (χ3n) is 4.27. The first kappa shape index (κ1) is 19.1. The highest BCUT2D eigenvalue weighted by atomic mass is 16.5. The Kier molecular flexibility index (Phi) is 5.61. The number of benzene rings is 2. The van der Waals surface area contributed by atoms with E-state index in [-0.39, 0.29) is 24.1 Å². The highest BCUT2D eigenvalue weighted by Crippen LogP contribution is 2.22. The van der Waals surface area contributed by atoms with Gasteiger partial charge in [-0.05, 0) is 48.5 Å². The molecule has 0 radical (unpaired) electrons. The van der Waals surface area contributed by atoms with Gasteiger partial charge in [0.25, 0.3) is 0 Å². The van der Waals surface area contributed by atoms with Gasteiger partial charge in [0.15, 0.2) is 5.82 Å². The number of ether oxygens (including phenoxy) is 1. The van der Waals surface area contributed by atoms with Gasteiger partial charge in [0.05, 0.1) is 0 Å². The fraction of sp³-hybridized carbons (Fsp3) is 0.0435. The molecule has 0 bridgehead atoms.